The highest BCUT2D eigenvalue weighted by molar-refractivity contribution is 6.14. The van der Waals surface area contributed by atoms with Crippen molar-refractivity contribution < 1.29 is 19.1 Å². The van der Waals surface area contributed by atoms with Crippen LogP contribution in [0.15, 0.2) is 30.5 Å². The molecule has 1 N–H and O–H groups in total. The first-order valence-corrected chi connectivity index (χ1v) is 8.93. The average Bonchev–Trinajstić information content (AvgIpc) is 2.86. The van der Waals surface area contributed by atoms with E-state index in [9.17, 15) is 9.59 Å². The number of rotatable bonds is 9. The van der Waals surface area contributed by atoms with E-state index in [0.717, 1.165) is 11.1 Å². The van der Waals surface area contributed by atoms with E-state index in [2.05, 4.69) is 11.9 Å². The quantitative estimate of drug-likeness (QED) is 0.417. The molecule has 1 fully saturated rings. The summed E-state index contributed by atoms with van der Waals surface area (Å²) in [6.07, 6.45) is 4.78. The second-order valence-corrected chi connectivity index (χ2v) is 5.81. The fourth-order valence-corrected chi connectivity index (χ4v) is 2.81. The number of hydrogen-bond acceptors (Lipinski definition) is 4. The SMILES string of the molecule is C=CCc1cc(/C=C2/NC(=O)N(CCC)C2=O)cc(OCC)c1OCC. The van der Waals surface area contributed by atoms with Crippen LogP contribution in [0.3, 0.4) is 0 Å². The topological polar surface area (TPSA) is 67.9 Å². The maximum Gasteiger partial charge on any atom is 0.329 e. The highest BCUT2D eigenvalue weighted by atomic mass is 16.5. The molecule has 1 aliphatic heterocycles. The van der Waals surface area contributed by atoms with Gasteiger partial charge in [-0.2, -0.15) is 0 Å². The number of urea groups is 1. The zero-order valence-electron chi connectivity index (χ0n) is 15.6. The molecule has 1 aromatic rings. The van der Waals surface area contributed by atoms with Gasteiger partial charge in [0.1, 0.15) is 5.70 Å². The zero-order chi connectivity index (χ0) is 19.1. The summed E-state index contributed by atoms with van der Waals surface area (Å²) in [6.45, 7) is 10.9. The average molecular weight is 358 g/mol. The van der Waals surface area contributed by atoms with Crippen LogP contribution < -0.4 is 14.8 Å². The third-order valence-corrected chi connectivity index (χ3v) is 3.83. The van der Waals surface area contributed by atoms with Gasteiger partial charge >= 0.3 is 6.03 Å². The number of benzene rings is 1. The molecule has 0 radical (unpaired) electrons. The van der Waals surface area contributed by atoms with Crippen molar-refractivity contribution in [3.8, 4) is 11.5 Å². The molecule has 2 rings (SSSR count). The van der Waals surface area contributed by atoms with Crippen LogP contribution in [0, 0.1) is 0 Å². The Balaban J connectivity index is 2.44. The molecule has 0 saturated carbocycles. The van der Waals surface area contributed by atoms with E-state index in [0.29, 0.717) is 44.1 Å². The Bertz CT molecular complexity index is 725. The van der Waals surface area contributed by atoms with Gasteiger partial charge in [0.15, 0.2) is 11.5 Å². The minimum absolute atomic E-state index is 0.264. The van der Waals surface area contributed by atoms with E-state index >= 15 is 0 Å². The molecule has 26 heavy (non-hydrogen) atoms. The lowest BCUT2D eigenvalue weighted by Gasteiger charge is -2.16. The van der Waals surface area contributed by atoms with Crippen LogP contribution in [0.25, 0.3) is 6.08 Å². The molecule has 0 unspecified atom stereocenters. The molecule has 0 atom stereocenters. The molecule has 1 saturated heterocycles. The van der Waals surface area contributed by atoms with Crippen LogP contribution in [0.4, 0.5) is 4.79 Å². The lowest BCUT2D eigenvalue weighted by molar-refractivity contribution is -0.122. The summed E-state index contributed by atoms with van der Waals surface area (Å²) in [7, 11) is 0. The molecular weight excluding hydrogens is 332 g/mol. The van der Waals surface area contributed by atoms with Crippen LogP contribution >= 0.6 is 0 Å². The maximum atomic E-state index is 12.4. The predicted molar refractivity (Wildman–Crippen MR) is 101 cm³/mol. The summed E-state index contributed by atoms with van der Waals surface area (Å²) < 4.78 is 11.5. The lowest BCUT2D eigenvalue weighted by atomic mass is 10.0. The molecule has 0 spiro atoms. The fourth-order valence-electron chi connectivity index (χ4n) is 2.81. The van der Waals surface area contributed by atoms with Crippen molar-refractivity contribution in [3.05, 3.63) is 41.6 Å². The van der Waals surface area contributed by atoms with Gasteiger partial charge in [-0.05, 0) is 50.5 Å². The van der Waals surface area contributed by atoms with Crippen LogP contribution in [0.5, 0.6) is 11.5 Å². The van der Waals surface area contributed by atoms with Crippen molar-refractivity contribution in [3.63, 3.8) is 0 Å². The molecule has 1 aromatic carbocycles. The number of ether oxygens (including phenoxy) is 2. The third-order valence-electron chi connectivity index (χ3n) is 3.83. The van der Waals surface area contributed by atoms with E-state index < -0.39 is 0 Å². The van der Waals surface area contributed by atoms with Crippen molar-refractivity contribution >= 4 is 18.0 Å². The highest BCUT2D eigenvalue weighted by Gasteiger charge is 2.32. The summed E-state index contributed by atoms with van der Waals surface area (Å²) in [6, 6.07) is 3.35. The minimum atomic E-state index is -0.384. The van der Waals surface area contributed by atoms with Gasteiger partial charge in [0.25, 0.3) is 5.91 Å². The molecule has 0 aliphatic carbocycles. The molecule has 0 bridgehead atoms. The second kappa shape index (κ2) is 9.08. The van der Waals surface area contributed by atoms with Crippen LogP contribution in [-0.4, -0.2) is 36.6 Å². The summed E-state index contributed by atoms with van der Waals surface area (Å²) >= 11 is 0. The van der Waals surface area contributed by atoms with Crippen LogP contribution in [-0.2, 0) is 11.2 Å². The van der Waals surface area contributed by atoms with E-state index in [4.69, 9.17) is 9.47 Å². The van der Waals surface area contributed by atoms with Gasteiger partial charge < -0.3 is 14.8 Å². The van der Waals surface area contributed by atoms with Crippen molar-refractivity contribution in [1.82, 2.24) is 10.2 Å². The number of amides is 3. The monoisotopic (exact) mass is 358 g/mol. The smallest absolute Gasteiger partial charge is 0.329 e. The van der Waals surface area contributed by atoms with Gasteiger partial charge in [-0.25, -0.2) is 4.79 Å². The van der Waals surface area contributed by atoms with E-state index in [1.807, 2.05) is 32.9 Å². The van der Waals surface area contributed by atoms with Gasteiger partial charge in [0, 0.05) is 12.1 Å². The molecule has 1 heterocycles. The number of imide groups is 1. The zero-order valence-corrected chi connectivity index (χ0v) is 15.6. The number of nitrogens with one attached hydrogen (secondary N) is 1. The second-order valence-electron chi connectivity index (χ2n) is 5.81. The predicted octanol–water partition coefficient (Wildman–Crippen LogP) is 3.52. The van der Waals surface area contributed by atoms with E-state index in [1.165, 1.54) is 4.90 Å². The van der Waals surface area contributed by atoms with Crippen molar-refractivity contribution in [2.75, 3.05) is 19.8 Å². The van der Waals surface area contributed by atoms with Gasteiger partial charge in [-0.3, -0.25) is 9.69 Å². The molecule has 6 nitrogen and oxygen atoms in total. The fraction of sp³-hybridized carbons (Fsp3) is 0.400. The Morgan fingerprint density at radius 3 is 2.50 bits per heavy atom. The van der Waals surface area contributed by atoms with E-state index in [-0.39, 0.29) is 17.6 Å². The van der Waals surface area contributed by atoms with Crippen molar-refractivity contribution in [2.45, 2.75) is 33.6 Å². The largest absolute Gasteiger partial charge is 0.490 e. The molecule has 0 aromatic heterocycles. The molecule has 6 heteroatoms. The summed E-state index contributed by atoms with van der Waals surface area (Å²) in [5.74, 6) is 0.988. The first-order valence-electron chi connectivity index (χ1n) is 8.93. The molecule has 140 valence electrons. The third kappa shape index (κ3) is 4.25. The van der Waals surface area contributed by atoms with Crippen molar-refractivity contribution in [1.29, 1.82) is 0 Å². The molecule has 1 aliphatic rings. The Labute approximate surface area is 154 Å². The minimum Gasteiger partial charge on any atom is -0.490 e. The Hall–Kier alpha value is -2.76. The number of nitrogens with zero attached hydrogens (tertiary/aromatic N) is 1. The molecular formula is C20H26N2O4. The summed E-state index contributed by atoms with van der Waals surface area (Å²) in [5.41, 5.74) is 1.94. The highest BCUT2D eigenvalue weighted by Crippen LogP contribution is 2.34. The lowest BCUT2D eigenvalue weighted by Crippen LogP contribution is -2.31. The van der Waals surface area contributed by atoms with Gasteiger partial charge in [-0.1, -0.05) is 13.0 Å². The molecule has 3 amide bonds. The first kappa shape index (κ1) is 19.6. The Morgan fingerprint density at radius 1 is 1.15 bits per heavy atom. The Kier molecular flexibility index (Phi) is 6.83. The number of carbonyl (C=O) groups excluding carboxylic acids is 2. The standard InChI is InChI=1S/C20H26N2O4/c1-5-9-15-11-14(13-17(25-7-3)18(15)26-8-4)12-16-19(23)22(10-6-2)20(24)21-16/h5,11-13H,1,6-10H2,2-4H3,(H,21,24)/b16-12+. The van der Waals surface area contributed by atoms with Gasteiger partial charge in [0.2, 0.25) is 0 Å². The summed E-state index contributed by atoms with van der Waals surface area (Å²) in [5, 5.41) is 2.64. The van der Waals surface area contributed by atoms with Crippen molar-refractivity contribution in [2.24, 2.45) is 0 Å². The normalized spacial score (nSPS) is 15.3. The first-order chi connectivity index (χ1) is 12.5. The maximum absolute atomic E-state index is 12.4. The summed E-state index contributed by atoms with van der Waals surface area (Å²) in [4.78, 5) is 25.6. The van der Waals surface area contributed by atoms with Gasteiger partial charge in [0.05, 0.1) is 13.2 Å². The van der Waals surface area contributed by atoms with Crippen LogP contribution in [0.1, 0.15) is 38.3 Å². The van der Waals surface area contributed by atoms with Gasteiger partial charge in [-0.15, -0.1) is 6.58 Å². The van der Waals surface area contributed by atoms with E-state index in [1.54, 1.807) is 12.2 Å². The number of hydrogen-bond donors (Lipinski definition) is 1. The Morgan fingerprint density at radius 2 is 1.88 bits per heavy atom. The number of carbonyl (C=O) groups is 2. The number of allylic oxidation sites excluding steroid dienone is 1. The van der Waals surface area contributed by atoms with Crippen LogP contribution in [0.2, 0.25) is 0 Å².